The summed E-state index contributed by atoms with van der Waals surface area (Å²) in [4.78, 5) is 4.66. The molecule has 20 heavy (non-hydrogen) atoms. The molecule has 3 aromatic rings. The molecular weight excluding hydrogens is 314 g/mol. The highest BCUT2D eigenvalue weighted by atomic mass is 79.9. The second-order valence-corrected chi connectivity index (χ2v) is 5.74. The molecule has 0 unspecified atom stereocenters. The van der Waals surface area contributed by atoms with Crippen LogP contribution in [0.1, 0.15) is 11.1 Å². The molecule has 0 bridgehead atoms. The molecule has 0 aliphatic rings. The third-order valence-corrected chi connectivity index (χ3v) is 3.77. The van der Waals surface area contributed by atoms with Gasteiger partial charge < -0.3 is 4.57 Å². The van der Waals surface area contributed by atoms with Crippen molar-refractivity contribution in [2.45, 2.75) is 6.92 Å². The summed E-state index contributed by atoms with van der Waals surface area (Å²) in [5.74, 6) is 0.902. The Morgan fingerprint density at radius 2 is 2.00 bits per heavy atom. The van der Waals surface area contributed by atoms with Crippen LogP contribution in [0.25, 0.3) is 22.4 Å². The minimum atomic E-state index is 0.632. The fraction of sp³-hybridized carbons (Fsp3) is 0.125. The first kappa shape index (κ1) is 12.9. The third kappa shape index (κ3) is 2.10. The van der Waals surface area contributed by atoms with Gasteiger partial charge in [-0.15, -0.1) is 0 Å². The summed E-state index contributed by atoms with van der Waals surface area (Å²) < 4.78 is 3.09. The lowest BCUT2D eigenvalue weighted by Gasteiger charge is -2.04. The molecule has 4 heteroatoms. The average molecular weight is 326 g/mol. The zero-order valence-corrected chi connectivity index (χ0v) is 12.8. The fourth-order valence-corrected chi connectivity index (χ4v) is 3.00. The van der Waals surface area contributed by atoms with Gasteiger partial charge in [-0.25, -0.2) is 4.98 Å². The number of hydrogen-bond acceptors (Lipinski definition) is 2. The lowest BCUT2D eigenvalue weighted by molar-refractivity contribution is 0.959. The molecule has 0 radical (unpaired) electrons. The third-order valence-electron chi connectivity index (χ3n) is 3.31. The van der Waals surface area contributed by atoms with E-state index in [1.807, 2.05) is 25.2 Å². The normalized spacial score (nSPS) is 10.7. The molecule has 2 aromatic carbocycles. The standard InChI is InChI=1S/C16H12BrN3/c1-10-5-12(8-13(17)6-10)16-19-14-7-11(9-18)3-4-15(14)20(16)2/h3-8H,1-2H3. The molecule has 0 aliphatic heterocycles. The van der Waals surface area contributed by atoms with Crippen LogP contribution in [0.4, 0.5) is 0 Å². The van der Waals surface area contributed by atoms with Crippen molar-refractivity contribution < 1.29 is 0 Å². The molecule has 0 atom stereocenters. The van der Waals surface area contributed by atoms with Crippen LogP contribution in [0.3, 0.4) is 0 Å². The van der Waals surface area contributed by atoms with Crippen LogP contribution < -0.4 is 0 Å². The fourth-order valence-electron chi connectivity index (χ4n) is 2.39. The van der Waals surface area contributed by atoms with Crippen molar-refractivity contribution in [2.75, 3.05) is 0 Å². The second kappa shape index (κ2) is 4.77. The maximum Gasteiger partial charge on any atom is 0.140 e. The zero-order valence-electron chi connectivity index (χ0n) is 11.2. The van der Waals surface area contributed by atoms with E-state index in [1.165, 1.54) is 5.56 Å². The van der Waals surface area contributed by atoms with Crippen LogP contribution in [-0.2, 0) is 7.05 Å². The van der Waals surface area contributed by atoms with Crippen molar-refractivity contribution in [3.63, 3.8) is 0 Å². The van der Waals surface area contributed by atoms with Gasteiger partial charge in [-0.1, -0.05) is 15.9 Å². The van der Waals surface area contributed by atoms with Gasteiger partial charge in [0.1, 0.15) is 5.82 Å². The highest BCUT2D eigenvalue weighted by Crippen LogP contribution is 2.27. The number of aromatic nitrogens is 2. The van der Waals surface area contributed by atoms with Gasteiger partial charge in [0.05, 0.1) is 22.7 Å². The van der Waals surface area contributed by atoms with Gasteiger partial charge in [-0.2, -0.15) is 5.26 Å². The lowest BCUT2D eigenvalue weighted by Crippen LogP contribution is -1.93. The van der Waals surface area contributed by atoms with Crippen molar-refractivity contribution >= 4 is 27.0 Å². The summed E-state index contributed by atoms with van der Waals surface area (Å²) in [7, 11) is 1.99. The summed E-state index contributed by atoms with van der Waals surface area (Å²) in [5, 5.41) is 8.97. The maximum atomic E-state index is 8.97. The Morgan fingerprint density at radius 3 is 2.70 bits per heavy atom. The first-order valence-corrected chi connectivity index (χ1v) is 7.02. The number of fused-ring (bicyclic) bond motifs is 1. The number of benzene rings is 2. The van der Waals surface area contributed by atoms with Gasteiger partial charge in [0.2, 0.25) is 0 Å². The van der Waals surface area contributed by atoms with Gasteiger partial charge in [-0.05, 0) is 48.9 Å². The highest BCUT2D eigenvalue weighted by Gasteiger charge is 2.11. The summed E-state index contributed by atoms with van der Waals surface area (Å²) >= 11 is 3.52. The van der Waals surface area contributed by atoms with E-state index in [0.29, 0.717) is 5.56 Å². The minimum absolute atomic E-state index is 0.632. The monoisotopic (exact) mass is 325 g/mol. The zero-order chi connectivity index (χ0) is 14.3. The van der Waals surface area contributed by atoms with Crippen LogP contribution in [0.5, 0.6) is 0 Å². The van der Waals surface area contributed by atoms with Crippen molar-refractivity contribution in [1.82, 2.24) is 9.55 Å². The van der Waals surface area contributed by atoms with E-state index in [-0.39, 0.29) is 0 Å². The van der Waals surface area contributed by atoms with Gasteiger partial charge in [0.25, 0.3) is 0 Å². The molecule has 3 rings (SSSR count). The van der Waals surface area contributed by atoms with Crippen molar-refractivity contribution in [3.05, 3.63) is 52.0 Å². The molecule has 3 nitrogen and oxygen atoms in total. The van der Waals surface area contributed by atoms with E-state index < -0.39 is 0 Å². The minimum Gasteiger partial charge on any atom is -0.327 e. The van der Waals surface area contributed by atoms with Gasteiger partial charge in [0.15, 0.2) is 0 Å². The molecular formula is C16H12BrN3. The lowest BCUT2D eigenvalue weighted by atomic mass is 10.1. The molecule has 0 saturated heterocycles. The highest BCUT2D eigenvalue weighted by molar-refractivity contribution is 9.10. The Bertz CT molecular complexity index is 836. The smallest absolute Gasteiger partial charge is 0.140 e. The summed E-state index contributed by atoms with van der Waals surface area (Å²) in [6, 6.07) is 14.0. The topological polar surface area (TPSA) is 41.6 Å². The van der Waals surface area contributed by atoms with Crippen LogP contribution in [0, 0.1) is 18.3 Å². The van der Waals surface area contributed by atoms with Crippen LogP contribution in [0.2, 0.25) is 0 Å². The maximum absolute atomic E-state index is 8.97. The molecule has 0 N–H and O–H groups in total. The van der Waals surface area contributed by atoms with Crippen LogP contribution in [-0.4, -0.2) is 9.55 Å². The Kier molecular flexibility index (Phi) is 3.07. The van der Waals surface area contributed by atoms with Crippen LogP contribution >= 0.6 is 15.9 Å². The van der Waals surface area contributed by atoms with E-state index in [9.17, 15) is 0 Å². The Labute approximate surface area is 125 Å². The molecule has 1 aromatic heterocycles. The molecule has 0 amide bonds. The number of hydrogen-bond donors (Lipinski definition) is 0. The number of rotatable bonds is 1. The van der Waals surface area contributed by atoms with Crippen molar-refractivity contribution in [1.29, 1.82) is 5.26 Å². The molecule has 0 spiro atoms. The van der Waals surface area contributed by atoms with Crippen LogP contribution in [0.15, 0.2) is 40.9 Å². The summed E-state index contributed by atoms with van der Waals surface area (Å²) in [5.41, 5.74) is 4.75. The molecule has 1 heterocycles. The first-order valence-electron chi connectivity index (χ1n) is 6.22. The molecule has 0 saturated carbocycles. The SMILES string of the molecule is Cc1cc(Br)cc(-c2nc3cc(C#N)ccc3n2C)c1. The van der Waals surface area contributed by atoms with Crippen molar-refractivity contribution in [2.24, 2.45) is 7.05 Å². The largest absolute Gasteiger partial charge is 0.327 e. The van der Waals surface area contributed by atoms with Gasteiger partial charge in [-0.3, -0.25) is 0 Å². The van der Waals surface area contributed by atoms with Gasteiger partial charge in [0, 0.05) is 17.1 Å². The molecule has 98 valence electrons. The van der Waals surface area contributed by atoms with Gasteiger partial charge >= 0.3 is 0 Å². The Balaban J connectivity index is 2.26. The van der Waals surface area contributed by atoms with E-state index in [2.05, 4.69) is 56.7 Å². The number of imidazole rings is 1. The first-order chi connectivity index (χ1) is 9.58. The summed E-state index contributed by atoms with van der Waals surface area (Å²) in [6.07, 6.45) is 0. The molecule has 0 aliphatic carbocycles. The predicted molar refractivity (Wildman–Crippen MR) is 83.3 cm³/mol. The number of halogens is 1. The van der Waals surface area contributed by atoms with E-state index in [0.717, 1.165) is 26.9 Å². The Morgan fingerprint density at radius 1 is 1.20 bits per heavy atom. The second-order valence-electron chi connectivity index (χ2n) is 4.83. The number of aryl methyl sites for hydroxylation is 2. The predicted octanol–water partition coefficient (Wildman–Crippen LogP) is 4.18. The van der Waals surface area contributed by atoms with E-state index in [4.69, 9.17) is 5.26 Å². The molecule has 0 fully saturated rings. The quantitative estimate of drug-likeness (QED) is 0.673. The Hall–Kier alpha value is -2.12. The van der Waals surface area contributed by atoms with E-state index in [1.54, 1.807) is 0 Å². The average Bonchev–Trinajstić information content (AvgIpc) is 2.74. The number of nitrogens with zero attached hydrogens (tertiary/aromatic N) is 3. The van der Waals surface area contributed by atoms with Crippen molar-refractivity contribution in [3.8, 4) is 17.5 Å². The van der Waals surface area contributed by atoms with E-state index >= 15 is 0 Å². The number of nitriles is 1. The summed E-state index contributed by atoms with van der Waals surface area (Å²) in [6.45, 7) is 2.06.